The summed E-state index contributed by atoms with van der Waals surface area (Å²) in [5.74, 6) is -1.27. The Morgan fingerprint density at radius 3 is 2.80 bits per heavy atom. The molecule has 0 aliphatic rings. The smallest absolute Gasteiger partial charge is 0.307 e. The minimum absolute atomic E-state index is 0.0876. The van der Waals surface area contributed by atoms with E-state index in [9.17, 15) is 9.18 Å². The molecule has 0 spiro atoms. The topological polar surface area (TPSA) is 55.1 Å². The van der Waals surface area contributed by atoms with Crippen molar-refractivity contribution in [3.8, 4) is 0 Å². The number of aromatic nitrogens is 2. The molecule has 0 aliphatic carbocycles. The van der Waals surface area contributed by atoms with Crippen LogP contribution in [-0.2, 0) is 17.8 Å². The summed E-state index contributed by atoms with van der Waals surface area (Å²) >= 11 is 5.85. The van der Waals surface area contributed by atoms with Crippen molar-refractivity contribution in [1.82, 2.24) is 9.78 Å². The molecule has 1 heterocycles. The van der Waals surface area contributed by atoms with Gasteiger partial charge in [0.25, 0.3) is 0 Å². The Hall–Kier alpha value is -1.88. The minimum Gasteiger partial charge on any atom is -0.481 e. The van der Waals surface area contributed by atoms with E-state index in [0.29, 0.717) is 21.8 Å². The van der Waals surface area contributed by atoms with Gasteiger partial charge >= 0.3 is 5.97 Å². The van der Waals surface area contributed by atoms with Crippen LogP contribution >= 0.6 is 11.6 Å². The fourth-order valence-corrected chi connectivity index (χ4v) is 2.32. The van der Waals surface area contributed by atoms with Gasteiger partial charge in [0.2, 0.25) is 0 Å². The van der Waals surface area contributed by atoms with Gasteiger partial charge in [0, 0.05) is 21.8 Å². The summed E-state index contributed by atoms with van der Waals surface area (Å²) in [6.45, 7) is 3.75. The molecule has 0 unspecified atom stereocenters. The Morgan fingerprint density at radius 1 is 1.45 bits per heavy atom. The molecular weight excluding hydrogens is 283 g/mol. The second-order valence-electron chi connectivity index (χ2n) is 4.61. The van der Waals surface area contributed by atoms with E-state index in [1.165, 1.54) is 12.1 Å². The van der Waals surface area contributed by atoms with Gasteiger partial charge in [-0.1, -0.05) is 11.6 Å². The van der Waals surface area contributed by atoms with Gasteiger partial charge < -0.3 is 5.11 Å². The Kier molecular flexibility index (Phi) is 4.09. The van der Waals surface area contributed by atoms with Crippen molar-refractivity contribution in [2.24, 2.45) is 0 Å². The van der Waals surface area contributed by atoms with E-state index in [2.05, 4.69) is 5.10 Å². The number of benzene rings is 1. The number of rotatable bonds is 4. The van der Waals surface area contributed by atoms with Crippen LogP contribution in [0.5, 0.6) is 0 Å². The van der Waals surface area contributed by atoms with Crippen LogP contribution < -0.4 is 0 Å². The largest absolute Gasteiger partial charge is 0.481 e. The fourth-order valence-electron chi connectivity index (χ4n) is 2.12. The van der Waals surface area contributed by atoms with E-state index in [-0.39, 0.29) is 18.8 Å². The van der Waals surface area contributed by atoms with Crippen LogP contribution in [0.2, 0.25) is 5.02 Å². The molecule has 0 bridgehead atoms. The average molecular weight is 297 g/mol. The Balaban J connectivity index is 2.35. The zero-order valence-electron chi connectivity index (χ0n) is 11.2. The molecule has 0 aliphatic heterocycles. The zero-order chi connectivity index (χ0) is 14.9. The lowest BCUT2D eigenvalue weighted by Crippen LogP contribution is -2.07. The highest BCUT2D eigenvalue weighted by molar-refractivity contribution is 6.30. The lowest BCUT2D eigenvalue weighted by Gasteiger charge is -2.07. The molecule has 20 heavy (non-hydrogen) atoms. The monoisotopic (exact) mass is 296 g/mol. The first-order valence-corrected chi connectivity index (χ1v) is 6.45. The van der Waals surface area contributed by atoms with Crippen LogP contribution in [0.25, 0.3) is 0 Å². The number of hydrogen-bond donors (Lipinski definition) is 1. The molecule has 4 nitrogen and oxygen atoms in total. The van der Waals surface area contributed by atoms with Crippen LogP contribution in [0, 0.1) is 19.7 Å². The summed E-state index contributed by atoms with van der Waals surface area (Å²) in [5, 5.41) is 13.6. The maximum absolute atomic E-state index is 13.7. The normalized spacial score (nSPS) is 10.8. The van der Waals surface area contributed by atoms with E-state index in [1.54, 1.807) is 24.6 Å². The van der Waals surface area contributed by atoms with Crippen molar-refractivity contribution >= 4 is 17.6 Å². The molecule has 0 saturated heterocycles. The predicted molar refractivity (Wildman–Crippen MR) is 73.6 cm³/mol. The van der Waals surface area contributed by atoms with Crippen LogP contribution in [0.3, 0.4) is 0 Å². The van der Waals surface area contributed by atoms with Gasteiger partial charge in [-0.3, -0.25) is 9.48 Å². The second kappa shape index (κ2) is 5.63. The summed E-state index contributed by atoms with van der Waals surface area (Å²) in [6, 6.07) is 4.34. The Labute approximate surface area is 120 Å². The Bertz CT molecular complexity index is 667. The third-order valence-corrected chi connectivity index (χ3v) is 3.42. The van der Waals surface area contributed by atoms with Crippen LogP contribution in [-0.4, -0.2) is 20.9 Å². The van der Waals surface area contributed by atoms with E-state index in [0.717, 1.165) is 5.69 Å². The first kappa shape index (κ1) is 14.5. The Morgan fingerprint density at radius 2 is 2.15 bits per heavy atom. The summed E-state index contributed by atoms with van der Waals surface area (Å²) in [4.78, 5) is 10.8. The lowest BCUT2D eigenvalue weighted by atomic mass is 10.1. The SMILES string of the molecule is Cc1nn(Cc2cc(Cl)ccc2F)c(C)c1CC(=O)O. The lowest BCUT2D eigenvalue weighted by molar-refractivity contribution is -0.136. The number of carboxylic acid groups (broad SMARTS) is 1. The number of nitrogens with zero attached hydrogens (tertiary/aromatic N) is 2. The van der Waals surface area contributed by atoms with Gasteiger partial charge in [0.1, 0.15) is 5.82 Å². The van der Waals surface area contributed by atoms with Gasteiger partial charge in [-0.25, -0.2) is 4.39 Å². The molecule has 0 fully saturated rings. The van der Waals surface area contributed by atoms with E-state index >= 15 is 0 Å². The van der Waals surface area contributed by atoms with Crippen molar-refractivity contribution < 1.29 is 14.3 Å². The second-order valence-corrected chi connectivity index (χ2v) is 5.05. The molecule has 2 rings (SSSR count). The average Bonchev–Trinajstić information content (AvgIpc) is 2.61. The minimum atomic E-state index is -0.912. The fraction of sp³-hybridized carbons (Fsp3) is 0.286. The van der Waals surface area contributed by atoms with Gasteiger partial charge in [-0.15, -0.1) is 0 Å². The molecular formula is C14H14ClFN2O2. The number of carbonyl (C=O) groups is 1. The van der Waals surface area contributed by atoms with Gasteiger partial charge in [-0.2, -0.15) is 5.10 Å². The van der Waals surface area contributed by atoms with Crippen LogP contribution in [0.15, 0.2) is 18.2 Å². The standard InChI is InChI=1S/C14H14ClFN2O2/c1-8-12(6-14(19)20)9(2)18(17-8)7-10-5-11(15)3-4-13(10)16/h3-5H,6-7H2,1-2H3,(H,19,20). The number of halogens is 2. The highest BCUT2D eigenvalue weighted by Gasteiger charge is 2.15. The predicted octanol–water partition coefficient (Wildman–Crippen LogP) is 2.97. The number of hydrogen-bond acceptors (Lipinski definition) is 2. The molecule has 1 N–H and O–H groups in total. The first-order valence-electron chi connectivity index (χ1n) is 6.07. The zero-order valence-corrected chi connectivity index (χ0v) is 11.9. The molecule has 0 amide bonds. The van der Waals surface area contributed by atoms with E-state index in [4.69, 9.17) is 16.7 Å². The highest BCUT2D eigenvalue weighted by Crippen LogP contribution is 2.19. The van der Waals surface area contributed by atoms with Crippen molar-refractivity contribution in [2.75, 3.05) is 0 Å². The molecule has 2 aromatic rings. The highest BCUT2D eigenvalue weighted by atomic mass is 35.5. The first-order chi connectivity index (χ1) is 9.38. The van der Waals surface area contributed by atoms with Crippen LogP contribution in [0.1, 0.15) is 22.5 Å². The van der Waals surface area contributed by atoms with Gasteiger partial charge in [0.15, 0.2) is 0 Å². The number of aryl methyl sites for hydroxylation is 1. The summed E-state index contributed by atoms with van der Waals surface area (Å²) in [7, 11) is 0. The van der Waals surface area contributed by atoms with Crippen molar-refractivity contribution in [1.29, 1.82) is 0 Å². The molecule has 1 aromatic heterocycles. The molecule has 0 saturated carbocycles. The summed E-state index contributed by atoms with van der Waals surface area (Å²) < 4.78 is 15.3. The number of aliphatic carboxylic acids is 1. The van der Waals surface area contributed by atoms with Crippen LogP contribution in [0.4, 0.5) is 4.39 Å². The summed E-state index contributed by atoms with van der Waals surface area (Å²) in [6.07, 6.45) is -0.0876. The molecule has 6 heteroatoms. The van der Waals surface area contributed by atoms with E-state index < -0.39 is 5.97 Å². The van der Waals surface area contributed by atoms with Gasteiger partial charge in [0.05, 0.1) is 18.7 Å². The molecule has 1 aromatic carbocycles. The molecule has 0 radical (unpaired) electrons. The third kappa shape index (κ3) is 2.99. The van der Waals surface area contributed by atoms with Crippen molar-refractivity contribution in [3.63, 3.8) is 0 Å². The van der Waals surface area contributed by atoms with Gasteiger partial charge in [-0.05, 0) is 32.0 Å². The third-order valence-electron chi connectivity index (χ3n) is 3.19. The summed E-state index contributed by atoms with van der Waals surface area (Å²) in [5.41, 5.74) is 2.46. The quantitative estimate of drug-likeness (QED) is 0.943. The molecule has 106 valence electrons. The van der Waals surface area contributed by atoms with E-state index in [1.807, 2.05) is 0 Å². The number of carboxylic acids is 1. The maximum atomic E-state index is 13.7. The molecule has 0 atom stereocenters. The van der Waals surface area contributed by atoms with Crippen molar-refractivity contribution in [3.05, 3.63) is 51.6 Å². The van der Waals surface area contributed by atoms with Crippen molar-refractivity contribution in [2.45, 2.75) is 26.8 Å². The maximum Gasteiger partial charge on any atom is 0.307 e.